The molecule has 1 unspecified atom stereocenters. The summed E-state index contributed by atoms with van der Waals surface area (Å²) in [7, 11) is 0. The summed E-state index contributed by atoms with van der Waals surface area (Å²) in [4.78, 5) is 14.0. The highest BCUT2D eigenvalue weighted by atomic mass is 19.1. The first-order chi connectivity index (χ1) is 7.93. The van der Waals surface area contributed by atoms with E-state index >= 15 is 0 Å². The van der Waals surface area contributed by atoms with Crippen molar-refractivity contribution in [1.29, 1.82) is 0 Å². The molecule has 0 aromatic heterocycles. The lowest BCUT2D eigenvalue weighted by Crippen LogP contribution is -2.51. The third-order valence-electron chi connectivity index (χ3n) is 3.60. The van der Waals surface area contributed by atoms with E-state index < -0.39 is 0 Å². The van der Waals surface area contributed by atoms with Crippen LogP contribution in [0.5, 0.6) is 0 Å². The Morgan fingerprint density at radius 2 is 2.00 bits per heavy atom. The number of hydrogen-bond acceptors (Lipinski definition) is 2. The summed E-state index contributed by atoms with van der Waals surface area (Å²) in [5.41, 5.74) is 6.16. The molecule has 1 fully saturated rings. The summed E-state index contributed by atoms with van der Waals surface area (Å²) >= 11 is 0. The number of carbonyl (C=O) groups is 1. The molecule has 0 aliphatic carbocycles. The zero-order chi connectivity index (χ0) is 12.6. The number of likely N-dealkylation sites (tertiary alicyclic amines) is 1. The van der Waals surface area contributed by atoms with Crippen molar-refractivity contribution in [2.45, 2.75) is 31.8 Å². The Morgan fingerprint density at radius 1 is 1.41 bits per heavy atom. The van der Waals surface area contributed by atoms with Gasteiger partial charge < -0.3 is 10.6 Å². The van der Waals surface area contributed by atoms with Crippen molar-refractivity contribution in [1.82, 2.24) is 4.90 Å². The van der Waals surface area contributed by atoms with Gasteiger partial charge in [-0.05, 0) is 44.5 Å². The summed E-state index contributed by atoms with van der Waals surface area (Å²) in [6.45, 7) is 4.59. The molecule has 2 rings (SSSR count). The van der Waals surface area contributed by atoms with Gasteiger partial charge in [0.2, 0.25) is 0 Å². The average molecular weight is 236 g/mol. The average Bonchev–Trinajstić information content (AvgIpc) is 2.54. The van der Waals surface area contributed by atoms with Crippen molar-refractivity contribution in [3.8, 4) is 0 Å². The summed E-state index contributed by atoms with van der Waals surface area (Å²) in [6.07, 6.45) is 0.805. The first-order valence-electron chi connectivity index (χ1n) is 5.76. The molecule has 1 aliphatic heterocycles. The summed E-state index contributed by atoms with van der Waals surface area (Å²) in [5.74, 6) is -0.415. The minimum absolute atomic E-state index is 0.00750. The van der Waals surface area contributed by atoms with E-state index in [0.29, 0.717) is 12.1 Å². The van der Waals surface area contributed by atoms with Crippen LogP contribution in [0.1, 0.15) is 30.6 Å². The van der Waals surface area contributed by atoms with Crippen LogP contribution in [0.2, 0.25) is 0 Å². The van der Waals surface area contributed by atoms with E-state index in [4.69, 9.17) is 5.73 Å². The third kappa shape index (κ3) is 2.05. The van der Waals surface area contributed by atoms with Crippen LogP contribution in [0.4, 0.5) is 4.39 Å². The van der Waals surface area contributed by atoms with Crippen molar-refractivity contribution < 1.29 is 9.18 Å². The molecule has 92 valence electrons. The second-order valence-electron chi connectivity index (χ2n) is 5.01. The molecule has 1 heterocycles. The summed E-state index contributed by atoms with van der Waals surface area (Å²) in [6, 6.07) is 5.62. The van der Waals surface area contributed by atoms with Crippen LogP contribution < -0.4 is 5.73 Å². The number of carbonyl (C=O) groups excluding carboxylic acids is 1. The van der Waals surface area contributed by atoms with E-state index in [9.17, 15) is 9.18 Å². The second-order valence-corrected chi connectivity index (χ2v) is 5.01. The molecule has 1 saturated heterocycles. The van der Waals surface area contributed by atoms with Gasteiger partial charge in [-0.2, -0.15) is 0 Å². The predicted molar refractivity (Wildman–Crippen MR) is 64.1 cm³/mol. The van der Waals surface area contributed by atoms with Crippen molar-refractivity contribution in [3.05, 3.63) is 35.6 Å². The fraction of sp³-hybridized carbons (Fsp3) is 0.462. The van der Waals surface area contributed by atoms with Gasteiger partial charge in [0.1, 0.15) is 5.82 Å². The fourth-order valence-corrected chi connectivity index (χ4v) is 2.22. The maximum absolute atomic E-state index is 12.8. The molecule has 0 spiro atoms. The highest BCUT2D eigenvalue weighted by Crippen LogP contribution is 2.29. The minimum Gasteiger partial charge on any atom is -0.332 e. The molecule has 17 heavy (non-hydrogen) atoms. The summed E-state index contributed by atoms with van der Waals surface area (Å²) in [5, 5.41) is 0. The monoisotopic (exact) mass is 236 g/mol. The van der Waals surface area contributed by atoms with Crippen molar-refractivity contribution in [2.24, 2.45) is 5.73 Å². The summed E-state index contributed by atoms with van der Waals surface area (Å²) < 4.78 is 12.8. The predicted octanol–water partition coefficient (Wildman–Crippen LogP) is 1.78. The molecule has 0 bridgehead atoms. The molecule has 1 atom stereocenters. The van der Waals surface area contributed by atoms with Gasteiger partial charge in [-0.25, -0.2) is 4.39 Å². The number of nitrogens with zero attached hydrogens (tertiary/aromatic N) is 1. The van der Waals surface area contributed by atoms with Crippen molar-refractivity contribution in [2.75, 3.05) is 6.54 Å². The largest absolute Gasteiger partial charge is 0.332 e. The van der Waals surface area contributed by atoms with Crippen molar-refractivity contribution >= 4 is 5.91 Å². The van der Waals surface area contributed by atoms with E-state index in [1.54, 1.807) is 4.90 Å². The highest BCUT2D eigenvalue weighted by molar-refractivity contribution is 5.95. The molecule has 1 aromatic carbocycles. The normalized spacial score (nSPS) is 22.8. The number of halogens is 1. The molecule has 1 amide bonds. The van der Waals surface area contributed by atoms with Gasteiger partial charge in [-0.3, -0.25) is 4.79 Å². The zero-order valence-corrected chi connectivity index (χ0v) is 10.1. The smallest absolute Gasteiger partial charge is 0.254 e. The topological polar surface area (TPSA) is 46.3 Å². The van der Waals surface area contributed by atoms with Crippen LogP contribution in [-0.2, 0) is 0 Å². The van der Waals surface area contributed by atoms with Gasteiger partial charge in [-0.15, -0.1) is 0 Å². The minimum atomic E-state index is -0.342. The van der Waals surface area contributed by atoms with Gasteiger partial charge in [0.25, 0.3) is 5.91 Å². The molecule has 0 saturated carbocycles. The van der Waals surface area contributed by atoms with Crippen LogP contribution in [0.25, 0.3) is 0 Å². The quantitative estimate of drug-likeness (QED) is 0.808. The molecule has 1 aromatic rings. The standard InChI is InChI=1S/C13H17FN2O/c1-13(2)11(15)7-8-16(13)12(17)9-3-5-10(14)6-4-9/h3-6,11H,7-8,15H2,1-2H3. The number of amides is 1. The SMILES string of the molecule is CC1(C)C(N)CCN1C(=O)c1ccc(F)cc1. The van der Waals surface area contributed by atoms with E-state index in [1.807, 2.05) is 13.8 Å². The Hall–Kier alpha value is -1.42. The first kappa shape index (κ1) is 12.0. The molecule has 4 heteroatoms. The van der Waals surface area contributed by atoms with Gasteiger partial charge in [0, 0.05) is 18.2 Å². The van der Waals surface area contributed by atoms with E-state index in [0.717, 1.165) is 6.42 Å². The lowest BCUT2D eigenvalue weighted by atomic mass is 9.96. The van der Waals surface area contributed by atoms with E-state index in [1.165, 1.54) is 24.3 Å². The molecule has 1 aliphatic rings. The highest BCUT2D eigenvalue weighted by Gasteiger charge is 2.41. The molecule has 3 nitrogen and oxygen atoms in total. The van der Waals surface area contributed by atoms with Gasteiger partial charge in [-0.1, -0.05) is 0 Å². The maximum Gasteiger partial charge on any atom is 0.254 e. The Morgan fingerprint density at radius 3 is 2.47 bits per heavy atom. The van der Waals surface area contributed by atoms with Crippen LogP contribution in [0, 0.1) is 5.82 Å². The van der Waals surface area contributed by atoms with Crippen LogP contribution in [0.3, 0.4) is 0 Å². The molecular formula is C13H17FN2O. The lowest BCUT2D eigenvalue weighted by molar-refractivity contribution is 0.0637. The van der Waals surface area contributed by atoms with Crippen LogP contribution in [0.15, 0.2) is 24.3 Å². The Kier molecular flexibility index (Phi) is 2.91. The van der Waals surface area contributed by atoms with Gasteiger partial charge in [0.15, 0.2) is 0 Å². The number of benzene rings is 1. The fourth-order valence-electron chi connectivity index (χ4n) is 2.22. The van der Waals surface area contributed by atoms with Gasteiger partial charge >= 0.3 is 0 Å². The van der Waals surface area contributed by atoms with Crippen LogP contribution in [-0.4, -0.2) is 28.9 Å². The number of hydrogen-bond donors (Lipinski definition) is 1. The number of nitrogens with two attached hydrogens (primary N) is 1. The zero-order valence-electron chi connectivity index (χ0n) is 10.1. The lowest BCUT2D eigenvalue weighted by Gasteiger charge is -2.34. The Bertz CT molecular complexity index is 428. The Balaban J connectivity index is 2.24. The molecule has 2 N–H and O–H groups in total. The first-order valence-corrected chi connectivity index (χ1v) is 5.76. The second kappa shape index (κ2) is 4.11. The van der Waals surface area contributed by atoms with Crippen LogP contribution >= 0.6 is 0 Å². The molecule has 0 radical (unpaired) electrons. The third-order valence-corrected chi connectivity index (χ3v) is 3.60. The van der Waals surface area contributed by atoms with E-state index in [2.05, 4.69) is 0 Å². The number of rotatable bonds is 1. The van der Waals surface area contributed by atoms with Crippen molar-refractivity contribution in [3.63, 3.8) is 0 Å². The molecular weight excluding hydrogens is 219 g/mol. The Labute approximate surface area is 100 Å². The van der Waals surface area contributed by atoms with E-state index in [-0.39, 0.29) is 23.3 Å². The van der Waals surface area contributed by atoms with Gasteiger partial charge in [0.05, 0.1) is 5.54 Å². The maximum atomic E-state index is 12.8.